The van der Waals surface area contributed by atoms with Crippen molar-refractivity contribution in [2.75, 3.05) is 6.67 Å². The van der Waals surface area contributed by atoms with E-state index in [2.05, 4.69) is 25.0 Å². The van der Waals surface area contributed by atoms with Gasteiger partial charge in [0.25, 0.3) is 0 Å². The van der Waals surface area contributed by atoms with Crippen molar-refractivity contribution in [3.8, 4) is 12.3 Å². The van der Waals surface area contributed by atoms with E-state index in [4.69, 9.17) is 11.2 Å². The van der Waals surface area contributed by atoms with E-state index < -0.39 is 6.67 Å². The van der Waals surface area contributed by atoms with Crippen molar-refractivity contribution < 1.29 is 19.0 Å². The Bertz CT molecular complexity index is 511. The molecule has 1 fully saturated rings. The fourth-order valence-corrected chi connectivity index (χ4v) is 4.32. The number of esters is 1. The molecule has 0 amide bonds. The average molecular weight is 409 g/mol. The first-order valence-electron chi connectivity index (χ1n) is 11.6. The Morgan fingerprint density at radius 3 is 2.72 bits per heavy atom. The van der Waals surface area contributed by atoms with Gasteiger partial charge in [0.15, 0.2) is 0 Å². The molecule has 1 aliphatic rings. The van der Waals surface area contributed by atoms with Gasteiger partial charge in [-0.1, -0.05) is 38.8 Å². The minimum Gasteiger partial charge on any atom is -0.462 e. The second kappa shape index (κ2) is 15.5. The minimum atomic E-state index is -0.489. The third-order valence-electron chi connectivity index (χ3n) is 6.24. The fourth-order valence-electron chi connectivity index (χ4n) is 4.32. The molecule has 1 rings (SSSR count). The van der Waals surface area contributed by atoms with Gasteiger partial charge in [-0.25, -0.2) is 0 Å². The summed E-state index contributed by atoms with van der Waals surface area (Å²) in [7, 11) is 0. The molecule has 0 radical (unpaired) electrons. The maximum atomic E-state index is 12.9. The van der Waals surface area contributed by atoms with Crippen molar-refractivity contribution in [2.24, 2.45) is 17.8 Å². The first-order chi connectivity index (χ1) is 14.1. The standard InChI is InChI=1S/C25H41FO3/c1-4-7-8-9-10-15-23-21(16-17-24(23)27)13-11-14-22(18-19-26)29-25(28)20(6-3)12-5-2/h2,9-10,20-24,27H,4,6-8,11-19H2,1,3H3. The predicted octanol–water partition coefficient (Wildman–Crippen LogP) is 6.00. The van der Waals surface area contributed by atoms with Crippen LogP contribution < -0.4 is 0 Å². The van der Waals surface area contributed by atoms with Crippen molar-refractivity contribution in [1.29, 1.82) is 0 Å². The first kappa shape index (κ1) is 25.7. The van der Waals surface area contributed by atoms with Crippen LogP contribution in [-0.2, 0) is 9.53 Å². The van der Waals surface area contributed by atoms with Crippen LogP contribution in [0.4, 0.5) is 4.39 Å². The number of rotatable bonds is 15. The molecule has 1 aliphatic carbocycles. The van der Waals surface area contributed by atoms with Crippen molar-refractivity contribution in [3.05, 3.63) is 12.2 Å². The number of aliphatic hydroxyl groups excluding tert-OH is 1. The third kappa shape index (κ3) is 9.81. The summed E-state index contributed by atoms with van der Waals surface area (Å²) in [6.07, 6.45) is 19.4. The Hall–Kier alpha value is -1.34. The number of aliphatic hydroxyl groups is 1. The van der Waals surface area contributed by atoms with Crippen molar-refractivity contribution in [2.45, 2.75) is 103 Å². The number of terminal acetylenes is 1. The van der Waals surface area contributed by atoms with Crippen molar-refractivity contribution >= 4 is 5.97 Å². The molecule has 1 saturated carbocycles. The Labute approximate surface area is 177 Å². The van der Waals surface area contributed by atoms with Gasteiger partial charge in [-0.2, -0.15) is 0 Å². The van der Waals surface area contributed by atoms with Crippen LogP contribution in [0.5, 0.6) is 0 Å². The Balaban J connectivity index is 2.46. The molecule has 0 aliphatic heterocycles. The van der Waals surface area contributed by atoms with Crippen LogP contribution in [0.25, 0.3) is 0 Å². The number of hydrogen-bond acceptors (Lipinski definition) is 3. The van der Waals surface area contributed by atoms with E-state index in [1.165, 1.54) is 12.8 Å². The summed E-state index contributed by atoms with van der Waals surface area (Å²) < 4.78 is 18.5. The van der Waals surface area contributed by atoms with E-state index in [-0.39, 0.29) is 30.5 Å². The van der Waals surface area contributed by atoms with Gasteiger partial charge in [-0.05, 0) is 63.2 Å². The van der Waals surface area contributed by atoms with Crippen molar-refractivity contribution in [3.63, 3.8) is 0 Å². The second-order valence-electron chi connectivity index (χ2n) is 8.40. The lowest BCUT2D eigenvalue weighted by Crippen LogP contribution is -2.25. The summed E-state index contributed by atoms with van der Waals surface area (Å²) in [4.78, 5) is 12.3. The van der Waals surface area contributed by atoms with Crippen LogP contribution in [0.1, 0.15) is 90.9 Å². The maximum Gasteiger partial charge on any atom is 0.310 e. The monoisotopic (exact) mass is 408 g/mol. The molecule has 5 atom stereocenters. The average Bonchev–Trinajstić information content (AvgIpc) is 3.05. The highest BCUT2D eigenvalue weighted by Gasteiger charge is 2.33. The lowest BCUT2D eigenvalue weighted by atomic mass is 9.87. The molecule has 0 saturated heterocycles. The zero-order valence-corrected chi connectivity index (χ0v) is 18.5. The second-order valence-corrected chi connectivity index (χ2v) is 8.40. The normalized spacial score (nSPS) is 23.8. The Kier molecular flexibility index (Phi) is 13.7. The molecule has 0 heterocycles. The molecule has 29 heavy (non-hydrogen) atoms. The van der Waals surface area contributed by atoms with Crippen LogP contribution >= 0.6 is 0 Å². The largest absolute Gasteiger partial charge is 0.462 e. The van der Waals surface area contributed by atoms with Crippen LogP contribution in [0.3, 0.4) is 0 Å². The predicted molar refractivity (Wildman–Crippen MR) is 117 cm³/mol. The Morgan fingerprint density at radius 2 is 2.07 bits per heavy atom. The third-order valence-corrected chi connectivity index (χ3v) is 6.24. The molecule has 0 aromatic rings. The van der Waals surface area contributed by atoms with Gasteiger partial charge in [-0.15, -0.1) is 12.3 Å². The summed E-state index contributed by atoms with van der Waals surface area (Å²) in [5, 5.41) is 10.3. The summed E-state index contributed by atoms with van der Waals surface area (Å²) in [5.41, 5.74) is 0. The molecule has 0 aromatic carbocycles. The van der Waals surface area contributed by atoms with E-state index >= 15 is 0 Å². The van der Waals surface area contributed by atoms with Crippen molar-refractivity contribution in [1.82, 2.24) is 0 Å². The zero-order valence-electron chi connectivity index (χ0n) is 18.5. The van der Waals surface area contributed by atoms with Crippen LogP contribution in [0.15, 0.2) is 12.2 Å². The summed E-state index contributed by atoms with van der Waals surface area (Å²) in [5.74, 6) is 2.73. The number of hydrogen-bond donors (Lipinski definition) is 1. The molecule has 0 spiro atoms. The molecule has 1 N–H and O–H groups in total. The van der Waals surface area contributed by atoms with Crippen LogP contribution in [0.2, 0.25) is 0 Å². The van der Waals surface area contributed by atoms with E-state index in [0.29, 0.717) is 31.1 Å². The van der Waals surface area contributed by atoms with Crippen LogP contribution in [-0.4, -0.2) is 30.0 Å². The van der Waals surface area contributed by atoms with Gasteiger partial charge in [-0.3, -0.25) is 9.18 Å². The number of unbranched alkanes of at least 4 members (excludes halogenated alkanes) is 2. The SMILES string of the molecule is C#CCC(CC)C(=O)OC(CCF)CCCC1CCC(O)C1CC=CCCCC. The number of ether oxygens (including phenoxy) is 1. The zero-order chi connectivity index (χ0) is 21.5. The topological polar surface area (TPSA) is 46.5 Å². The number of halogens is 1. The molecule has 5 unspecified atom stereocenters. The summed E-state index contributed by atoms with van der Waals surface area (Å²) >= 11 is 0. The molecule has 3 nitrogen and oxygen atoms in total. The van der Waals surface area contributed by atoms with Gasteiger partial charge < -0.3 is 9.84 Å². The minimum absolute atomic E-state index is 0.218. The smallest absolute Gasteiger partial charge is 0.310 e. The highest BCUT2D eigenvalue weighted by molar-refractivity contribution is 5.72. The summed E-state index contributed by atoms with van der Waals surface area (Å²) in [6, 6.07) is 0. The molecular weight excluding hydrogens is 367 g/mol. The molecule has 0 bridgehead atoms. The first-order valence-corrected chi connectivity index (χ1v) is 11.6. The lowest BCUT2D eigenvalue weighted by molar-refractivity contribution is -0.155. The highest BCUT2D eigenvalue weighted by Crippen LogP contribution is 2.38. The molecule has 0 aromatic heterocycles. The van der Waals surface area contributed by atoms with Gasteiger partial charge in [0.2, 0.25) is 0 Å². The van der Waals surface area contributed by atoms with Gasteiger partial charge >= 0.3 is 5.97 Å². The lowest BCUT2D eigenvalue weighted by Gasteiger charge is -2.23. The van der Waals surface area contributed by atoms with E-state index in [1.807, 2.05) is 6.92 Å². The maximum absolute atomic E-state index is 12.9. The van der Waals surface area contributed by atoms with Crippen LogP contribution in [0, 0.1) is 30.1 Å². The quantitative estimate of drug-likeness (QED) is 0.156. The van der Waals surface area contributed by atoms with Gasteiger partial charge in [0, 0.05) is 12.8 Å². The van der Waals surface area contributed by atoms with Gasteiger partial charge in [0.05, 0.1) is 18.7 Å². The summed E-state index contributed by atoms with van der Waals surface area (Å²) in [6.45, 7) is 3.61. The number of alkyl halides is 1. The molecular formula is C25H41FO3. The Morgan fingerprint density at radius 1 is 1.28 bits per heavy atom. The highest BCUT2D eigenvalue weighted by atomic mass is 19.1. The number of carbonyl (C=O) groups excluding carboxylic acids is 1. The number of allylic oxidation sites excluding steroid dienone is 2. The van der Waals surface area contributed by atoms with E-state index in [0.717, 1.165) is 38.5 Å². The van der Waals surface area contributed by atoms with E-state index in [1.54, 1.807) is 0 Å². The fraction of sp³-hybridized carbons (Fsp3) is 0.800. The van der Waals surface area contributed by atoms with Gasteiger partial charge in [0.1, 0.15) is 6.10 Å². The molecule has 4 heteroatoms. The van der Waals surface area contributed by atoms with E-state index in [9.17, 15) is 14.3 Å². The number of carbonyl (C=O) groups is 1. The molecule has 166 valence electrons.